The van der Waals surface area contributed by atoms with E-state index in [2.05, 4.69) is 38.2 Å². The minimum atomic E-state index is 0.0637. The number of rotatable bonds is 2. The van der Waals surface area contributed by atoms with Crippen LogP contribution in [0.1, 0.15) is 48.2 Å². The van der Waals surface area contributed by atoms with Gasteiger partial charge in [0.05, 0.1) is 0 Å². The van der Waals surface area contributed by atoms with Crippen molar-refractivity contribution in [2.45, 2.75) is 33.2 Å². The number of hydrogen-bond donors (Lipinski definition) is 1. The van der Waals surface area contributed by atoms with Crippen LogP contribution in [0.2, 0.25) is 0 Å². The Kier molecular flexibility index (Phi) is 2.51. The summed E-state index contributed by atoms with van der Waals surface area (Å²) in [6.45, 7) is 7.37. The second-order valence-electron chi connectivity index (χ2n) is 4.63. The van der Waals surface area contributed by atoms with Crippen molar-refractivity contribution in [1.29, 1.82) is 0 Å². The first-order valence-corrected chi connectivity index (χ1v) is 5.50. The topological polar surface area (TPSA) is 29.1 Å². The molecule has 1 N–H and O–H groups in total. The summed E-state index contributed by atoms with van der Waals surface area (Å²) in [5.74, 6) is 1.24. The number of benzene rings is 1. The van der Waals surface area contributed by atoms with Gasteiger partial charge in [0.15, 0.2) is 0 Å². The fourth-order valence-electron chi connectivity index (χ4n) is 1.92. The quantitative estimate of drug-likeness (QED) is 0.786. The number of hydrogen-bond acceptors (Lipinski definition) is 1. The van der Waals surface area contributed by atoms with Crippen molar-refractivity contribution in [2.75, 3.05) is 0 Å². The van der Waals surface area contributed by atoms with Gasteiger partial charge < -0.3 is 5.32 Å². The van der Waals surface area contributed by atoms with E-state index in [9.17, 15) is 4.79 Å². The first kappa shape index (κ1) is 10.2. The van der Waals surface area contributed by atoms with E-state index in [1.165, 1.54) is 5.56 Å². The normalized spacial score (nSPS) is 16.4. The molecule has 15 heavy (non-hydrogen) atoms. The molecule has 0 saturated heterocycles. The van der Waals surface area contributed by atoms with Gasteiger partial charge in [-0.25, -0.2) is 0 Å². The Morgan fingerprint density at radius 1 is 1.27 bits per heavy atom. The van der Waals surface area contributed by atoms with Gasteiger partial charge in [0.1, 0.15) is 0 Å². The third kappa shape index (κ3) is 1.76. The van der Waals surface area contributed by atoms with E-state index in [0.717, 1.165) is 11.1 Å². The number of fused-ring (bicyclic) bond motifs is 1. The van der Waals surface area contributed by atoms with Crippen molar-refractivity contribution in [3.8, 4) is 0 Å². The molecule has 2 nitrogen and oxygen atoms in total. The van der Waals surface area contributed by atoms with Gasteiger partial charge in [-0.1, -0.05) is 32.9 Å². The monoisotopic (exact) mass is 203 g/mol. The van der Waals surface area contributed by atoms with Gasteiger partial charge in [-0.3, -0.25) is 4.79 Å². The highest BCUT2D eigenvalue weighted by atomic mass is 16.1. The Morgan fingerprint density at radius 3 is 2.67 bits per heavy atom. The van der Waals surface area contributed by atoms with Gasteiger partial charge in [0, 0.05) is 12.1 Å². The molecule has 1 unspecified atom stereocenters. The molecular weight excluding hydrogens is 186 g/mol. The Bertz CT molecular complexity index is 396. The highest BCUT2D eigenvalue weighted by Crippen LogP contribution is 2.27. The van der Waals surface area contributed by atoms with Crippen molar-refractivity contribution in [3.63, 3.8) is 0 Å². The summed E-state index contributed by atoms with van der Waals surface area (Å²) in [5.41, 5.74) is 3.32. The average molecular weight is 203 g/mol. The van der Waals surface area contributed by atoms with Crippen molar-refractivity contribution in [2.24, 2.45) is 5.92 Å². The maximum Gasteiger partial charge on any atom is 0.251 e. The molecule has 0 saturated carbocycles. The molecule has 1 aliphatic rings. The first-order valence-electron chi connectivity index (χ1n) is 5.50. The third-order valence-electron chi connectivity index (χ3n) is 3.34. The molecule has 1 heterocycles. The summed E-state index contributed by atoms with van der Waals surface area (Å²) in [7, 11) is 0. The molecule has 1 aromatic rings. The molecule has 0 aromatic heterocycles. The molecular formula is C13H17NO. The van der Waals surface area contributed by atoms with Gasteiger partial charge in [-0.2, -0.15) is 0 Å². The molecule has 1 aromatic carbocycles. The van der Waals surface area contributed by atoms with Crippen LogP contribution in [-0.4, -0.2) is 5.91 Å². The van der Waals surface area contributed by atoms with E-state index in [0.29, 0.717) is 18.4 Å². The SMILES string of the molecule is CC(C)C(C)c1ccc2c(c1)CNC2=O. The molecule has 2 heteroatoms. The summed E-state index contributed by atoms with van der Waals surface area (Å²) in [4.78, 5) is 11.4. The molecule has 0 fully saturated rings. The molecule has 0 aliphatic carbocycles. The minimum Gasteiger partial charge on any atom is -0.348 e. The number of carbonyl (C=O) groups excluding carboxylic acids is 1. The van der Waals surface area contributed by atoms with Crippen molar-refractivity contribution in [1.82, 2.24) is 5.32 Å². The lowest BCUT2D eigenvalue weighted by Gasteiger charge is -2.16. The van der Waals surface area contributed by atoms with Crippen LogP contribution >= 0.6 is 0 Å². The van der Waals surface area contributed by atoms with E-state index in [1.807, 2.05) is 6.07 Å². The second-order valence-corrected chi connectivity index (χ2v) is 4.63. The van der Waals surface area contributed by atoms with Gasteiger partial charge in [-0.15, -0.1) is 0 Å². The fraction of sp³-hybridized carbons (Fsp3) is 0.462. The number of amides is 1. The van der Waals surface area contributed by atoms with E-state index in [4.69, 9.17) is 0 Å². The van der Waals surface area contributed by atoms with Crippen molar-refractivity contribution >= 4 is 5.91 Å². The van der Waals surface area contributed by atoms with Crippen molar-refractivity contribution < 1.29 is 4.79 Å². The van der Waals surface area contributed by atoms with E-state index < -0.39 is 0 Å². The van der Waals surface area contributed by atoms with E-state index >= 15 is 0 Å². The maximum absolute atomic E-state index is 11.4. The van der Waals surface area contributed by atoms with Crippen LogP contribution in [0.3, 0.4) is 0 Å². The first-order chi connectivity index (χ1) is 7.09. The van der Waals surface area contributed by atoms with Gasteiger partial charge >= 0.3 is 0 Å². The predicted molar refractivity (Wildman–Crippen MR) is 60.9 cm³/mol. The van der Waals surface area contributed by atoms with Gasteiger partial charge in [0.2, 0.25) is 0 Å². The van der Waals surface area contributed by atoms with Crippen LogP contribution in [0.4, 0.5) is 0 Å². The summed E-state index contributed by atoms with van der Waals surface area (Å²) in [6.07, 6.45) is 0. The highest BCUT2D eigenvalue weighted by molar-refractivity contribution is 5.98. The van der Waals surface area contributed by atoms with Crippen LogP contribution < -0.4 is 5.32 Å². The largest absolute Gasteiger partial charge is 0.348 e. The Hall–Kier alpha value is -1.31. The summed E-state index contributed by atoms with van der Waals surface area (Å²) < 4.78 is 0. The van der Waals surface area contributed by atoms with Crippen LogP contribution in [0.15, 0.2) is 18.2 Å². The van der Waals surface area contributed by atoms with E-state index in [-0.39, 0.29) is 5.91 Å². The molecule has 0 bridgehead atoms. The standard InChI is InChI=1S/C13H17NO/c1-8(2)9(3)10-4-5-12-11(6-10)7-14-13(12)15/h4-6,8-9H,7H2,1-3H3,(H,14,15). The second kappa shape index (κ2) is 3.69. The predicted octanol–water partition coefficient (Wildman–Crippen LogP) is 2.69. The molecule has 1 atom stereocenters. The lowest BCUT2D eigenvalue weighted by Crippen LogP contribution is -2.12. The molecule has 80 valence electrons. The summed E-state index contributed by atoms with van der Waals surface area (Å²) >= 11 is 0. The molecule has 1 aliphatic heterocycles. The Balaban J connectivity index is 2.34. The zero-order valence-electron chi connectivity index (χ0n) is 9.50. The average Bonchev–Trinajstić information content (AvgIpc) is 2.59. The van der Waals surface area contributed by atoms with Gasteiger partial charge in [0.25, 0.3) is 5.91 Å². The number of carbonyl (C=O) groups is 1. The lowest BCUT2D eigenvalue weighted by molar-refractivity contribution is 0.0966. The third-order valence-corrected chi connectivity index (χ3v) is 3.34. The lowest BCUT2D eigenvalue weighted by atomic mass is 9.89. The zero-order valence-corrected chi connectivity index (χ0v) is 9.50. The number of nitrogens with one attached hydrogen (secondary N) is 1. The van der Waals surface area contributed by atoms with Crippen LogP contribution in [0, 0.1) is 5.92 Å². The highest BCUT2D eigenvalue weighted by Gasteiger charge is 2.20. The summed E-state index contributed by atoms with van der Waals surface area (Å²) in [5, 5.41) is 2.84. The molecule has 0 radical (unpaired) electrons. The smallest absolute Gasteiger partial charge is 0.251 e. The Labute approximate surface area is 90.7 Å². The van der Waals surface area contributed by atoms with Crippen LogP contribution in [-0.2, 0) is 6.54 Å². The molecule has 2 rings (SSSR count). The van der Waals surface area contributed by atoms with Gasteiger partial charge in [-0.05, 0) is 29.0 Å². The molecule has 0 spiro atoms. The fourth-order valence-corrected chi connectivity index (χ4v) is 1.92. The molecule has 1 amide bonds. The maximum atomic E-state index is 11.4. The zero-order chi connectivity index (χ0) is 11.0. The van der Waals surface area contributed by atoms with Crippen LogP contribution in [0.5, 0.6) is 0 Å². The minimum absolute atomic E-state index is 0.0637. The van der Waals surface area contributed by atoms with Crippen molar-refractivity contribution in [3.05, 3.63) is 34.9 Å². The Morgan fingerprint density at radius 2 is 2.00 bits per heavy atom. The van der Waals surface area contributed by atoms with E-state index in [1.54, 1.807) is 0 Å². The van der Waals surface area contributed by atoms with Crippen LogP contribution in [0.25, 0.3) is 0 Å². The summed E-state index contributed by atoms with van der Waals surface area (Å²) in [6, 6.07) is 6.19.